The number of hydrogen-bond acceptors (Lipinski definition) is 6. The Morgan fingerprint density at radius 1 is 1.14 bits per heavy atom. The van der Waals surface area contributed by atoms with E-state index in [-0.39, 0.29) is 11.8 Å². The summed E-state index contributed by atoms with van der Waals surface area (Å²) in [7, 11) is 0. The van der Waals surface area contributed by atoms with Crippen molar-refractivity contribution in [3.63, 3.8) is 0 Å². The van der Waals surface area contributed by atoms with Gasteiger partial charge in [0.25, 0.3) is 0 Å². The van der Waals surface area contributed by atoms with Gasteiger partial charge in [0.2, 0.25) is 5.91 Å². The third-order valence-corrected chi connectivity index (χ3v) is 5.23. The molecule has 1 amide bonds. The van der Waals surface area contributed by atoms with Gasteiger partial charge in [0, 0.05) is 25.0 Å². The third-order valence-electron chi connectivity index (χ3n) is 5.23. The van der Waals surface area contributed by atoms with E-state index < -0.39 is 0 Å². The highest BCUT2D eigenvalue weighted by Gasteiger charge is 2.27. The number of aryl methyl sites for hydroxylation is 3. The number of carbonyl (C=O) groups excluding carboxylic acids is 1. The average Bonchev–Trinajstić information content (AvgIpc) is 3.08. The smallest absolute Gasteiger partial charge is 0.230 e. The van der Waals surface area contributed by atoms with Crippen LogP contribution in [0.15, 0.2) is 36.5 Å². The Morgan fingerprint density at radius 2 is 1.93 bits per heavy atom. The summed E-state index contributed by atoms with van der Waals surface area (Å²) in [6, 6.07) is 9.68. The van der Waals surface area contributed by atoms with Crippen molar-refractivity contribution in [3.05, 3.63) is 53.5 Å². The molecule has 1 aliphatic rings. The second kappa shape index (κ2) is 7.98. The molecule has 1 unspecified atom stereocenters. The van der Waals surface area contributed by atoms with Crippen molar-refractivity contribution in [1.29, 1.82) is 0 Å². The Labute approximate surface area is 170 Å². The minimum absolute atomic E-state index is 0.00344. The van der Waals surface area contributed by atoms with Crippen molar-refractivity contribution >= 4 is 17.5 Å². The first-order valence-corrected chi connectivity index (χ1v) is 9.86. The van der Waals surface area contributed by atoms with Gasteiger partial charge in [-0.1, -0.05) is 6.07 Å². The van der Waals surface area contributed by atoms with Crippen molar-refractivity contribution in [1.82, 2.24) is 25.0 Å². The topological polar surface area (TPSA) is 88.8 Å². The predicted molar refractivity (Wildman–Crippen MR) is 111 cm³/mol. The van der Waals surface area contributed by atoms with E-state index in [9.17, 15) is 4.79 Å². The number of piperidine rings is 1. The van der Waals surface area contributed by atoms with E-state index in [1.807, 2.05) is 51.1 Å². The zero-order valence-electron chi connectivity index (χ0n) is 17.0. The molecule has 0 radical (unpaired) electrons. The zero-order chi connectivity index (χ0) is 20.4. The molecule has 1 N–H and O–H groups in total. The van der Waals surface area contributed by atoms with Crippen LogP contribution in [0.4, 0.5) is 11.6 Å². The highest BCUT2D eigenvalue weighted by molar-refractivity contribution is 5.92. The molecular weight excluding hydrogens is 366 g/mol. The van der Waals surface area contributed by atoms with E-state index in [4.69, 9.17) is 0 Å². The number of amides is 1. The van der Waals surface area contributed by atoms with Gasteiger partial charge in [0.05, 0.1) is 11.6 Å². The number of rotatable bonds is 4. The molecule has 4 heterocycles. The van der Waals surface area contributed by atoms with Gasteiger partial charge in [0.1, 0.15) is 5.82 Å². The standard InChI is InChI=1S/C21H25N7O/c1-14-6-4-10-22-20(14)23-21(29)17-7-5-11-27(13-17)18-8-9-19(25-24-18)28-16(3)12-15(2)26-28/h4,6,8-10,12,17H,5,7,11,13H2,1-3H3,(H,22,23,29). The predicted octanol–water partition coefficient (Wildman–Crippen LogP) is 2.84. The third kappa shape index (κ3) is 4.11. The van der Waals surface area contributed by atoms with Crippen molar-refractivity contribution < 1.29 is 4.79 Å². The van der Waals surface area contributed by atoms with Gasteiger partial charge < -0.3 is 10.2 Å². The van der Waals surface area contributed by atoms with Crippen molar-refractivity contribution in [2.75, 3.05) is 23.3 Å². The molecule has 0 bridgehead atoms. The molecule has 3 aromatic heterocycles. The summed E-state index contributed by atoms with van der Waals surface area (Å²) < 4.78 is 1.79. The summed E-state index contributed by atoms with van der Waals surface area (Å²) in [4.78, 5) is 19.1. The summed E-state index contributed by atoms with van der Waals surface area (Å²) in [6.45, 7) is 7.37. The molecule has 0 saturated carbocycles. The van der Waals surface area contributed by atoms with Crippen LogP contribution in [0.2, 0.25) is 0 Å². The first-order valence-electron chi connectivity index (χ1n) is 9.86. The van der Waals surface area contributed by atoms with E-state index in [0.717, 1.165) is 42.2 Å². The van der Waals surface area contributed by atoms with Crippen LogP contribution in [0.25, 0.3) is 5.82 Å². The zero-order valence-corrected chi connectivity index (χ0v) is 17.0. The first kappa shape index (κ1) is 19.0. The number of aromatic nitrogens is 5. The van der Waals surface area contributed by atoms with E-state index in [1.165, 1.54) is 0 Å². The largest absolute Gasteiger partial charge is 0.354 e. The summed E-state index contributed by atoms with van der Waals surface area (Å²) in [6.07, 6.45) is 3.47. The van der Waals surface area contributed by atoms with Gasteiger partial charge in [-0.05, 0) is 63.4 Å². The fraction of sp³-hybridized carbons (Fsp3) is 0.381. The van der Waals surface area contributed by atoms with Crippen LogP contribution >= 0.6 is 0 Å². The van der Waals surface area contributed by atoms with Crippen LogP contribution in [-0.2, 0) is 4.79 Å². The maximum absolute atomic E-state index is 12.8. The molecule has 150 valence electrons. The average molecular weight is 391 g/mol. The lowest BCUT2D eigenvalue weighted by Crippen LogP contribution is -2.41. The van der Waals surface area contributed by atoms with E-state index in [2.05, 4.69) is 30.5 Å². The quantitative estimate of drug-likeness (QED) is 0.736. The minimum atomic E-state index is -0.109. The molecule has 8 heteroatoms. The van der Waals surface area contributed by atoms with Gasteiger partial charge in [-0.2, -0.15) is 5.10 Å². The molecule has 1 saturated heterocycles. The van der Waals surface area contributed by atoms with E-state index in [0.29, 0.717) is 18.2 Å². The second-order valence-electron chi connectivity index (χ2n) is 7.53. The number of carbonyl (C=O) groups is 1. The van der Waals surface area contributed by atoms with Crippen molar-refractivity contribution in [2.24, 2.45) is 5.92 Å². The maximum Gasteiger partial charge on any atom is 0.230 e. The normalized spacial score (nSPS) is 16.7. The summed E-state index contributed by atoms with van der Waals surface area (Å²) in [5.74, 6) is 1.99. The molecule has 4 rings (SSSR count). The summed E-state index contributed by atoms with van der Waals surface area (Å²) in [5.41, 5.74) is 2.92. The summed E-state index contributed by atoms with van der Waals surface area (Å²) in [5, 5.41) is 16.2. The van der Waals surface area contributed by atoms with Crippen LogP contribution in [-0.4, -0.2) is 44.0 Å². The van der Waals surface area contributed by atoms with Gasteiger partial charge in [-0.15, -0.1) is 10.2 Å². The van der Waals surface area contributed by atoms with Crippen LogP contribution < -0.4 is 10.2 Å². The number of nitrogens with one attached hydrogen (secondary N) is 1. The fourth-order valence-corrected chi connectivity index (χ4v) is 3.70. The number of nitrogens with zero attached hydrogens (tertiary/aromatic N) is 6. The molecule has 0 spiro atoms. The molecule has 0 aliphatic carbocycles. The molecule has 0 aromatic carbocycles. The first-order chi connectivity index (χ1) is 14.0. The highest BCUT2D eigenvalue weighted by atomic mass is 16.2. The molecule has 1 fully saturated rings. The molecule has 1 aliphatic heterocycles. The Hall–Kier alpha value is -3.29. The highest BCUT2D eigenvalue weighted by Crippen LogP contribution is 2.23. The molecule has 3 aromatic rings. The Kier molecular flexibility index (Phi) is 5.24. The Morgan fingerprint density at radius 3 is 2.62 bits per heavy atom. The van der Waals surface area contributed by atoms with Gasteiger partial charge in [-0.25, -0.2) is 9.67 Å². The van der Waals surface area contributed by atoms with Crippen molar-refractivity contribution in [2.45, 2.75) is 33.6 Å². The van der Waals surface area contributed by atoms with E-state index >= 15 is 0 Å². The number of hydrogen-bond donors (Lipinski definition) is 1. The van der Waals surface area contributed by atoms with Gasteiger partial charge >= 0.3 is 0 Å². The Balaban J connectivity index is 1.45. The minimum Gasteiger partial charge on any atom is -0.354 e. The molecule has 8 nitrogen and oxygen atoms in total. The van der Waals surface area contributed by atoms with Gasteiger partial charge in [0.15, 0.2) is 11.6 Å². The lowest BCUT2D eigenvalue weighted by Gasteiger charge is -2.32. The van der Waals surface area contributed by atoms with Crippen LogP contribution in [0.1, 0.15) is 29.8 Å². The molecule has 1 atom stereocenters. The monoisotopic (exact) mass is 391 g/mol. The van der Waals surface area contributed by atoms with E-state index in [1.54, 1.807) is 10.9 Å². The number of pyridine rings is 1. The van der Waals surface area contributed by atoms with Crippen LogP contribution in [0.3, 0.4) is 0 Å². The fourth-order valence-electron chi connectivity index (χ4n) is 3.70. The lowest BCUT2D eigenvalue weighted by molar-refractivity contribution is -0.120. The molecular formula is C21H25N7O. The van der Waals surface area contributed by atoms with Crippen LogP contribution in [0, 0.1) is 26.7 Å². The Bertz CT molecular complexity index is 1010. The number of anilines is 2. The maximum atomic E-state index is 12.8. The lowest BCUT2D eigenvalue weighted by atomic mass is 9.97. The van der Waals surface area contributed by atoms with Gasteiger partial charge in [-0.3, -0.25) is 4.79 Å². The SMILES string of the molecule is Cc1cc(C)n(-c2ccc(N3CCCC(C(=O)Nc4ncccc4C)C3)nn2)n1. The van der Waals surface area contributed by atoms with Crippen LogP contribution in [0.5, 0.6) is 0 Å². The summed E-state index contributed by atoms with van der Waals surface area (Å²) >= 11 is 0. The second-order valence-corrected chi connectivity index (χ2v) is 7.53. The van der Waals surface area contributed by atoms with Crippen molar-refractivity contribution in [3.8, 4) is 5.82 Å². The molecule has 29 heavy (non-hydrogen) atoms.